The topological polar surface area (TPSA) is 131 Å². The minimum absolute atomic E-state index is 0.00244. The van der Waals surface area contributed by atoms with Crippen LogP contribution < -0.4 is 10.2 Å². The molecule has 4 aliphatic rings. The van der Waals surface area contributed by atoms with E-state index in [0.29, 0.717) is 11.6 Å². The van der Waals surface area contributed by atoms with Crippen LogP contribution in [0.25, 0.3) is 10.4 Å². The van der Waals surface area contributed by atoms with Crippen molar-refractivity contribution in [1.82, 2.24) is 15.1 Å². The molecule has 38 heavy (non-hydrogen) atoms. The summed E-state index contributed by atoms with van der Waals surface area (Å²) in [6.45, 7) is 8.35. The maximum Gasteiger partial charge on any atom is 0.251 e. The number of anilines is 1. The predicted octanol–water partition coefficient (Wildman–Crippen LogP) is 2.36. The van der Waals surface area contributed by atoms with Gasteiger partial charge in [-0.15, -0.1) is 0 Å². The standard InChI is InChI=1S/C27H37N7O4/c1-17(2)32-11-13-33(14-12-32)20-9-7-19(8-10-20)26(36)29-23(18-5-3-4-6-18)27(37)34-15-21(30-31-28)25-24(34)22(35)16-38-25/h7-10,17-18,21,23-25H,3-6,11-16H2,1-2H3,(H,29,36)/t21-,23+,24-,25-/m1/s1. The van der Waals surface area contributed by atoms with Gasteiger partial charge in [-0.25, -0.2) is 0 Å². The second-order valence-corrected chi connectivity index (χ2v) is 11.1. The second-order valence-electron chi connectivity index (χ2n) is 11.1. The third-order valence-corrected chi connectivity index (χ3v) is 8.60. The number of benzene rings is 1. The van der Waals surface area contributed by atoms with Crippen LogP contribution >= 0.6 is 0 Å². The molecule has 4 fully saturated rings. The van der Waals surface area contributed by atoms with Crippen LogP contribution in [0.2, 0.25) is 0 Å². The van der Waals surface area contributed by atoms with Gasteiger partial charge in [0.1, 0.15) is 18.7 Å². The lowest BCUT2D eigenvalue weighted by Crippen LogP contribution is -2.54. The number of piperazine rings is 1. The van der Waals surface area contributed by atoms with Crippen molar-refractivity contribution in [3.8, 4) is 0 Å². The zero-order valence-corrected chi connectivity index (χ0v) is 22.2. The molecule has 0 bridgehead atoms. The number of Topliss-reactive ketones (excluding diaryl/α,β-unsaturated/α-hetero) is 1. The molecule has 11 nitrogen and oxygen atoms in total. The molecule has 4 atom stereocenters. The number of nitrogens with zero attached hydrogens (tertiary/aromatic N) is 6. The number of amides is 2. The van der Waals surface area contributed by atoms with Crippen LogP contribution in [0.4, 0.5) is 5.69 Å². The van der Waals surface area contributed by atoms with Crippen molar-refractivity contribution in [3.63, 3.8) is 0 Å². The molecule has 204 valence electrons. The Labute approximate surface area is 223 Å². The van der Waals surface area contributed by atoms with Gasteiger partial charge in [0, 0.05) is 54.9 Å². The summed E-state index contributed by atoms with van der Waals surface area (Å²) in [7, 11) is 0. The summed E-state index contributed by atoms with van der Waals surface area (Å²) in [5, 5.41) is 6.78. The SMILES string of the molecule is CC(C)N1CCN(c2ccc(C(=O)N[C@H](C(=O)N3C[C@@H](N=[N+]=[N-])[C@H]4OCC(=O)[C@H]43)C3CCCC3)cc2)CC1. The number of hydrogen-bond donors (Lipinski definition) is 1. The van der Waals surface area contributed by atoms with Gasteiger partial charge in [0.2, 0.25) is 5.91 Å². The Bertz CT molecular complexity index is 1090. The zero-order chi connectivity index (χ0) is 26.8. The average molecular weight is 524 g/mol. The van der Waals surface area contributed by atoms with Crippen LogP contribution in [-0.2, 0) is 14.3 Å². The monoisotopic (exact) mass is 523 g/mol. The minimum atomic E-state index is -0.769. The number of likely N-dealkylation sites (tertiary alicyclic amines) is 1. The van der Waals surface area contributed by atoms with Crippen LogP contribution in [-0.4, -0.2) is 97.0 Å². The Morgan fingerprint density at radius 3 is 2.42 bits per heavy atom. The van der Waals surface area contributed by atoms with E-state index < -0.39 is 24.2 Å². The van der Waals surface area contributed by atoms with Gasteiger partial charge in [0.25, 0.3) is 5.91 Å². The van der Waals surface area contributed by atoms with Crippen molar-refractivity contribution < 1.29 is 19.1 Å². The normalized spacial score (nSPS) is 26.9. The van der Waals surface area contributed by atoms with E-state index in [0.717, 1.165) is 57.5 Å². The lowest BCUT2D eigenvalue weighted by molar-refractivity contribution is -0.139. The van der Waals surface area contributed by atoms with E-state index in [1.807, 2.05) is 24.3 Å². The Hall–Kier alpha value is -3.14. The van der Waals surface area contributed by atoms with Crippen LogP contribution in [0.3, 0.4) is 0 Å². The number of ether oxygens (including phenoxy) is 1. The highest BCUT2D eigenvalue weighted by molar-refractivity contribution is 5.99. The summed E-state index contributed by atoms with van der Waals surface area (Å²) in [6, 6.07) is 5.97. The van der Waals surface area contributed by atoms with Crippen molar-refractivity contribution in [2.24, 2.45) is 11.0 Å². The van der Waals surface area contributed by atoms with Crippen molar-refractivity contribution in [2.75, 3.05) is 44.2 Å². The molecule has 0 aromatic heterocycles. The third-order valence-electron chi connectivity index (χ3n) is 8.60. The van der Waals surface area contributed by atoms with Gasteiger partial charge in [-0.3, -0.25) is 19.3 Å². The first kappa shape index (κ1) is 26.5. The lowest BCUT2D eigenvalue weighted by atomic mass is 9.95. The first-order valence-corrected chi connectivity index (χ1v) is 13.8. The van der Waals surface area contributed by atoms with Gasteiger partial charge >= 0.3 is 0 Å². The number of hydrogen-bond acceptors (Lipinski definition) is 7. The molecule has 11 heteroatoms. The smallest absolute Gasteiger partial charge is 0.251 e. The Morgan fingerprint density at radius 2 is 1.79 bits per heavy atom. The van der Waals surface area contributed by atoms with Crippen LogP contribution in [0.15, 0.2) is 29.4 Å². The van der Waals surface area contributed by atoms with Gasteiger partial charge in [-0.1, -0.05) is 18.0 Å². The van der Waals surface area contributed by atoms with E-state index >= 15 is 0 Å². The predicted molar refractivity (Wildman–Crippen MR) is 142 cm³/mol. The number of ketones is 1. The molecule has 0 spiro atoms. The number of nitrogens with one attached hydrogen (secondary N) is 1. The highest BCUT2D eigenvalue weighted by Crippen LogP contribution is 2.34. The molecule has 3 heterocycles. The fourth-order valence-corrected chi connectivity index (χ4v) is 6.42. The summed E-state index contributed by atoms with van der Waals surface area (Å²) < 4.78 is 5.57. The first-order valence-electron chi connectivity index (χ1n) is 13.8. The highest BCUT2D eigenvalue weighted by atomic mass is 16.5. The van der Waals surface area contributed by atoms with Gasteiger partial charge in [0.05, 0.1) is 12.1 Å². The van der Waals surface area contributed by atoms with Crippen molar-refractivity contribution in [2.45, 2.75) is 69.8 Å². The summed E-state index contributed by atoms with van der Waals surface area (Å²) >= 11 is 0. The van der Waals surface area contributed by atoms with Crippen molar-refractivity contribution in [3.05, 3.63) is 40.3 Å². The first-order chi connectivity index (χ1) is 18.4. The summed E-state index contributed by atoms with van der Waals surface area (Å²) in [4.78, 5) is 48.9. The molecular formula is C27H37N7O4. The van der Waals surface area contributed by atoms with Gasteiger partial charge in [0.15, 0.2) is 5.78 Å². The quantitative estimate of drug-likeness (QED) is 0.332. The van der Waals surface area contributed by atoms with E-state index in [4.69, 9.17) is 10.3 Å². The lowest BCUT2D eigenvalue weighted by Gasteiger charge is -2.38. The second kappa shape index (κ2) is 11.3. The fourth-order valence-electron chi connectivity index (χ4n) is 6.42. The average Bonchev–Trinajstić information content (AvgIpc) is 3.67. The molecule has 5 rings (SSSR count). The van der Waals surface area contributed by atoms with Crippen LogP contribution in [0.5, 0.6) is 0 Å². The van der Waals surface area contributed by atoms with Crippen LogP contribution in [0.1, 0.15) is 49.9 Å². The molecule has 0 unspecified atom stereocenters. The maximum atomic E-state index is 13.8. The van der Waals surface area contributed by atoms with E-state index in [-0.39, 0.29) is 36.7 Å². The third kappa shape index (κ3) is 5.23. The van der Waals surface area contributed by atoms with E-state index in [9.17, 15) is 14.4 Å². The molecule has 2 amide bonds. The van der Waals surface area contributed by atoms with E-state index in [1.165, 1.54) is 4.90 Å². The number of carbonyl (C=O) groups excluding carboxylic acids is 3. The highest BCUT2D eigenvalue weighted by Gasteiger charge is 2.53. The van der Waals surface area contributed by atoms with Gasteiger partial charge in [-0.05, 0) is 62.4 Å². The van der Waals surface area contributed by atoms with E-state index in [2.05, 4.69) is 39.0 Å². The van der Waals surface area contributed by atoms with E-state index in [1.54, 1.807) is 0 Å². The Morgan fingerprint density at radius 1 is 1.11 bits per heavy atom. The van der Waals surface area contributed by atoms with Gasteiger partial charge in [-0.2, -0.15) is 0 Å². The molecule has 1 aliphatic carbocycles. The maximum absolute atomic E-state index is 13.8. The Balaban J connectivity index is 1.29. The Kier molecular flexibility index (Phi) is 7.88. The molecular weight excluding hydrogens is 486 g/mol. The molecule has 1 aromatic rings. The summed E-state index contributed by atoms with van der Waals surface area (Å²) in [5.41, 5.74) is 10.5. The number of rotatable bonds is 7. The number of azide groups is 1. The zero-order valence-electron chi connectivity index (χ0n) is 22.2. The number of fused-ring (bicyclic) bond motifs is 1. The molecule has 1 aromatic carbocycles. The summed E-state index contributed by atoms with van der Waals surface area (Å²) in [5.74, 6) is -0.796. The molecule has 0 radical (unpaired) electrons. The molecule has 1 N–H and O–H groups in total. The molecule has 1 saturated carbocycles. The molecule has 3 saturated heterocycles. The van der Waals surface area contributed by atoms with Crippen LogP contribution in [0, 0.1) is 5.92 Å². The fraction of sp³-hybridized carbons (Fsp3) is 0.667. The number of carbonyl (C=O) groups is 3. The van der Waals surface area contributed by atoms with Crippen molar-refractivity contribution in [1.29, 1.82) is 0 Å². The molecule has 3 aliphatic heterocycles. The van der Waals surface area contributed by atoms with Gasteiger partial charge < -0.3 is 19.9 Å². The van der Waals surface area contributed by atoms with Crippen molar-refractivity contribution >= 4 is 23.3 Å². The largest absolute Gasteiger partial charge is 0.369 e. The minimum Gasteiger partial charge on any atom is -0.369 e. The summed E-state index contributed by atoms with van der Waals surface area (Å²) in [6.07, 6.45) is 3.04.